The van der Waals surface area contributed by atoms with E-state index in [2.05, 4.69) is 22.2 Å². The molecule has 1 atom stereocenters. The summed E-state index contributed by atoms with van der Waals surface area (Å²) >= 11 is 3.19. The second-order valence-corrected chi connectivity index (χ2v) is 8.41. The standard InChI is InChI=1S/C21H19N3O2S2/c1-14-13-27-21(23-14)24-20-19(26-16-7-3-2-4-8-16)11-18(12-22-20)28-17-9-5-6-15(25)10-17/h2-12,14,25H,13H2,1H3,(H,22,23,24). The number of thioether (sulfide) groups is 1. The van der Waals surface area contributed by atoms with Crippen LogP contribution < -0.4 is 10.1 Å². The zero-order chi connectivity index (χ0) is 19.3. The van der Waals surface area contributed by atoms with E-state index in [1.54, 1.807) is 30.1 Å². The molecule has 28 heavy (non-hydrogen) atoms. The third kappa shape index (κ3) is 4.79. The molecule has 2 heterocycles. The third-order valence-corrected chi connectivity index (χ3v) is 5.95. The van der Waals surface area contributed by atoms with Crippen molar-refractivity contribution < 1.29 is 9.84 Å². The van der Waals surface area contributed by atoms with Gasteiger partial charge in [-0.3, -0.25) is 4.99 Å². The Morgan fingerprint density at radius 3 is 2.71 bits per heavy atom. The van der Waals surface area contributed by atoms with Crippen molar-refractivity contribution in [3.63, 3.8) is 0 Å². The summed E-state index contributed by atoms with van der Waals surface area (Å²) in [6.07, 6.45) is 1.79. The number of phenolic OH excluding ortho intramolecular Hbond substituents is 1. The van der Waals surface area contributed by atoms with Crippen molar-refractivity contribution in [2.24, 2.45) is 4.99 Å². The van der Waals surface area contributed by atoms with E-state index in [4.69, 9.17) is 4.74 Å². The molecular weight excluding hydrogens is 390 g/mol. The molecule has 1 aliphatic heterocycles. The van der Waals surface area contributed by atoms with Crippen LogP contribution in [0.4, 0.5) is 5.82 Å². The number of anilines is 1. The number of nitrogens with zero attached hydrogens (tertiary/aromatic N) is 2. The summed E-state index contributed by atoms with van der Waals surface area (Å²) in [6.45, 7) is 2.09. The Labute approximate surface area is 172 Å². The molecule has 4 rings (SSSR count). The van der Waals surface area contributed by atoms with Crippen molar-refractivity contribution in [2.45, 2.75) is 22.8 Å². The molecule has 0 saturated carbocycles. The zero-order valence-corrected chi connectivity index (χ0v) is 16.8. The lowest BCUT2D eigenvalue weighted by Crippen LogP contribution is -2.08. The van der Waals surface area contributed by atoms with E-state index in [1.807, 2.05) is 48.5 Å². The van der Waals surface area contributed by atoms with E-state index < -0.39 is 0 Å². The Morgan fingerprint density at radius 2 is 1.96 bits per heavy atom. The number of hydrogen-bond acceptors (Lipinski definition) is 7. The predicted octanol–water partition coefficient (Wildman–Crippen LogP) is 5.63. The van der Waals surface area contributed by atoms with Crippen molar-refractivity contribution in [3.05, 3.63) is 66.9 Å². The van der Waals surface area contributed by atoms with Crippen LogP contribution in [0.1, 0.15) is 6.92 Å². The Kier molecular flexibility index (Phi) is 5.73. The number of para-hydroxylation sites is 1. The third-order valence-electron chi connectivity index (χ3n) is 3.88. The number of phenols is 1. The van der Waals surface area contributed by atoms with E-state index in [1.165, 1.54) is 11.8 Å². The number of ether oxygens (including phenoxy) is 1. The van der Waals surface area contributed by atoms with Crippen LogP contribution >= 0.6 is 23.5 Å². The van der Waals surface area contributed by atoms with E-state index in [0.717, 1.165) is 26.5 Å². The minimum absolute atomic E-state index is 0.238. The van der Waals surface area contributed by atoms with Gasteiger partial charge in [0, 0.05) is 27.8 Å². The highest BCUT2D eigenvalue weighted by atomic mass is 32.2. The lowest BCUT2D eigenvalue weighted by molar-refractivity contribution is 0.474. The molecular formula is C21H19N3O2S2. The maximum atomic E-state index is 9.69. The summed E-state index contributed by atoms with van der Waals surface area (Å²) < 4.78 is 6.10. The quantitative estimate of drug-likeness (QED) is 0.569. The van der Waals surface area contributed by atoms with Gasteiger partial charge in [0.15, 0.2) is 16.7 Å². The second-order valence-electron chi connectivity index (χ2n) is 6.25. The van der Waals surface area contributed by atoms with Crippen LogP contribution in [-0.2, 0) is 0 Å². The number of nitrogens with one attached hydrogen (secondary N) is 1. The summed E-state index contributed by atoms with van der Waals surface area (Å²) in [5, 5.41) is 13.8. The van der Waals surface area contributed by atoms with Gasteiger partial charge in [-0.25, -0.2) is 4.98 Å². The lowest BCUT2D eigenvalue weighted by Gasteiger charge is -2.13. The van der Waals surface area contributed by atoms with Gasteiger partial charge in [0.25, 0.3) is 0 Å². The molecule has 0 bridgehead atoms. The first-order valence-corrected chi connectivity index (χ1v) is 10.6. The van der Waals surface area contributed by atoms with Crippen LogP contribution in [0.25, 0.3) is 0 Å². The van der Waals surface area contributed by atoms with Gasteiger partial charge < -0.3 is 15.2 Å². The highest BCUT2D eigenvalue weighted by molar-refractivity contribution is 8.14. The topological polar surface area (TPSA) is 66.7 Å². The molecule has 2 aromatic carbocycles. The molecule has 0 spiro atoms. The molecule has 3 aromatic rings. The first kappa shape index (κ1) is 18.7. The number of hydrogen-bond donors (Lipinski definition) is 2. The average Bonchev–Trinajstić information content (AvgIpc) is 3.09. The summed E-state index contributed by atoms with van der Waals surface area (Å²) in [5.41, 5.74) is 0. The van der Waals surface area contributed by atoms with Gasteiger partial charge in [-0.15, -0.1) is 0 Å². The largest absolute Gasteiger partial charge is 0.508 e. The Hall–Kier alpha value is -2.64. The summed E-state index contributed by atoms with van der Waals surface area (Å²) in [7, 11) is 0. The highest BCUT2D eigenvalue weighted by Gasteiger charge is 2.17. The first-order chi connectivity index (χ1) is 13.7. The minimum Gasteiger partial charge on any atom is -0.508 e. The van der Waals surface area contributed by atoms with E-state index >= 15 is 0 Å². The SMILES string of the molecule is CC1CSC(Nc2ncc(Sc3cccc(O)c3)cc2Oc2ccccc2)=N1. The number of rotatable bonds is 5. The van der Waals surface area contributed by atoms with E-state index in [0.29, 0.717) is 17.6 Å². The molecule has 1 aromatic heterocycles. The fourth-order valence-electron chi connectivity index (χ4n) is 2.60. The van der Waals surface area contributed by atoms with Crippen LogP contribution in [0.5, 0.6) is 17.2 Å². The maximum Gasteiger partial charge on any atom is 0.175 e. The molecule has 0 saturated heterocycles. The number of pyridine rings is 1. The van der Waals surface area contributed by atoms with Gasteiger partial charge in [-0.05, 0) is 37.3 Å². The van der Waals surface area contributed by atoms with Gasteiger partial charge in [0.05, 0.1) is 6.04 Å². The first-order valence-electron chi connectivity index (χ1n) is 8.83. The normalized spacial score (nSPS) is 15.9. The van der Waals surface area contributed by atoms with Crippen molar-refractivity contribution in [2.75, 3.05) is 11.1 Å². The fourth-order valence-corrected chi connectivity index (χ4v) is 4.36. The number of aliphatic imine (C=N–C) groups is 1. The average molecular weight is 410 g/mol. The Morgan fingerprint density at radius 1 is 1.11 bits per heavy atom. The Bertz CT molecular complexity index is 996. The molecule has 0 amide bonds. The molecule has 0 fully saturated rings. The summed E-state index contributed by atoms with van der Waals surface area (Å²) in [6, 6.07) is 19.0. The number of aromatic hydroxyl groups is 1. The molecule has 1 aliphatic rings. The van der Waals surface area contributed by atoms with Gasteiger partial charge in [0.1, 0.15) is 11.5 Å². The predicted molar refractivity (Wildman–Crippen MR) is 116 cm³/mol. The lowest BCUT2D eigenvalue weighted by atomic mass is 10.3. The minimum atomic E-state index is 0.238. The van der Waals surface area contributed by atoms with Crippen molar-refractivity contribution in [3.8, 4) is 17.2 Å². The van der Waals surface area contributed by atoms with Crippen LogP contribution in [0.15, 0.2) is 81.6 Å². The van der Waals surface area contributed by atoms with Crippen LogP contribution in [0.2, 0.25) is 0 Å². The number of aromatic nitrogens is 1. The van der Waals surface area contributed by atoms with Crippen LogP contribution in [0.3, 0.4) is 0 Å². The smallest absolute Gasteiger partial charge is 0.175 e. The van der Waals surface area contributed by atoms with Gasteiger partial charge in [0.2, 0.25) is 0 Å². The zero-order valence-electron chi connectivity index (χ0n) is 15.2. The van der Waals surface area contributed by atoms with Gasteiger partial charge in [-0.1, -0.05) is 47.8 Å². The molecule has 1 unspecified atom stereocenters. The van der Waals surface area contributed by atoms with Crippen LogP contribution in [0, 0.1) is 0 Å². The molecule has 142 valence electrons. The molecule has 5 nitrogen and oxygen atoms in total. The maximum absolute atomic E-state index is 9.69. The highest BCUT2D eigenvalue weighted by Crippen LogP contribution is 2.36. The van der Waals surface area contributed by atoms with Gasteiger partial charge in [-0.2, -0.15) is 0 Å². The second kappa shape index (κ2) is 8.58. The van der Waals surface area contributed by atoms with E-state index in [9.17, 15) is 5.11 Å². The van der Waals surface area contributed by atoms with Crippen molar-refractivity contribution in [1.29, 1.82) is 0 Å². The number of benzene rings is 2. The van der Waals surface area contributed by atoms with E-state index in [-0.39, 0.29) is 5.75 Å². The molecule has 0 radical (unpaired) electrons. The van der Waals surface area contributed by atoms with Crippen molar-refractivity contribution >= 4 is 34.5 Å². The molecule has 7 heteroatoms. The summed E-state index contributed by atoms with van der Waals surface area (Å²) in [4.78, 5) is 11.0. The Balaban J connectivity index is 1.62. The van der Waals surface area contributed by atoms with Crippen molar-refractivity contribution in [1.82, 2.24) is 4.98 Å². The van der Waals surface area contributed by atoms with Gasteiger partial charge >= 0.3 is 0 Å². The van der Waals surface area contributed by atoms with Crippen LogP contribution in [-0.4, -0.2) is 27.1 Å². The molecule has 2 N–H and O–H groups in total. The monoisotopic (exact) mass is 409 g/mol. The molecule has 0 aliphatic carbocycles. The fraction of sp³-hybridized carbons (Fsp3) is 0.143. The summed E-state index contributed by atoms with van der Waals surface area (Å²) in [5.74, 6) is 3.19. The number of amidine groups is 1.